The minimum absolute atomic E-state index is 0.00392. The molecule has 6 nitrogen and oxygen atoms in total. The van der Waals surface area contributed by atoms with Gasteiger partial charge in [-0.1, -0.05) is 6.92 Å². The zero-order chi connectivity index (χ0) is 21.8. The van der Waals surface area contributed by atoms with Gasteiger partial charge in [0.05, 0.1) is 17.3 Å². The highest BCUT2D eigenvalue weighted by molar-refractivity contribution is 7.99. The molecule has 0 fully saturated rings. The minimum atomic E-state index is -4.59. The third-order valence-electron chi connectivity index (χ3n) is 4.29. The Balaban J connectivity index is 1.94. The van der Waals surface area contributed by atoms with Crippen LogP contribution in [0.1, 0.15) is 18.1 Å². The number of aromatic nitrogens is 6. The normalized spacial score (nSPS) is 12.9. The molecule has 0 atom stereocenters. The Morgan fingerprint density at radius 2 is 1.63 bits per heavy atom. The van der Waals surface area contributed by atoms with Gasteiger partial charge in [0, 0.05) is 13.2 Å². The van der Waals surface area contributed by atoms with E-state index in [1.807, 2.05) is 6.92 Å². The molecule has 30 heavy (non-hydrogen) atoms. The van der Waals surface area contributed by atoms with Crippen molar-refractivity contribution >= 4 is 28.6 Å². The molecular weight excluding hydrogens is 434 g/mol. The van der Waals surface area contributed by atoms with E-state index in [1.54, 1.807) is 7.05 Å². The Hall–Kier alpha value is -2.83. The summed E-state index contributed by atoms with van der Waals surface area (Å²) in [7, 11) is 1.55. The predicted molar refractivity (Wildman–Crippen MR) is 96.9 cm³/mol. The first-order valence-corrected chi connectivity index (χ1v) is 9.48. The zero-order valence-corrected chi connectivity index (χ0v) is 16.2. The molecule has 4 aromatic heterocycles. The largest absolute Gasteiger partial charge is 0.418 e. The molecule has 0 saturated heterocycles. The molecule has 4 rings (SSSR count). The van der Waals surface area contributed by atoms with Crippen LogP contribution in [-0.4, -0.2) is 34.9 Å². The number of rotatable bonds is 3. The van der Waals surface area contributed by atoms with E-state index < -0.39 is 23.5 Å². The number of halogens is 6. The lowest BCUT2D eigenvalue weighted by atomic mass is 10.2. The van der Waals surface area contributed by atoms with Crippen molar-refractivity contribution in [2.24, 2.45) is 7.05 Å². The first-order chi connectivity index (χ1) is 14.0. The number of alkyl halides is 6. The van der Waals surface area contributed by atoms with Crippen LogP contribution >= 0.6 is 11.8 Å². The Morgan fingerprint density at radius 1 is 0.967 bits per heavy atom. The lowest BCUT2D eigenvalue weighted by Crippen LogP contribution is -2.07. The summed E-state index contributed by atoms with van der Waals surface area (Å²) in [6.45, 7) is 1.84. The molecule has 0 bridgehead atoms. The van der Waals surface area contributed by atoms with Gasteiger partial charge in [0.1, 0.15) is 16.2 Å². The Morgan fingerprint density at radius 3 is 2.27 bits per heavy atom. The summed E-state index contributed by atoms with van der Waals surface area (Å²) < 4.78 is 80.8. The fourth-order valence-electron chi connectivity index (χ4n) is 2.93. The molecule has 0 amide bonds. The fraction of sp³-hybridized carbons (Fsp3) is 0.294. The van der Waals surface area contributed by atoms with Crippen LogP contribution in [0.2, 0.25) is 0 Å². The molecule has 0 aliphatic heterocycles. The lowest BCUT2D eigenvalue weighted by molar-refractivity contribution is -0.138. The highest BCUT2D eigenvalue weighted by Crippen LogP contribution is 2.36. The number of nitrogens with zero attached hydrogens (tertiary/aromatic N) is 6. The summed E-state index contributed by atoms with van der Waals surface area (Å²) in [5, 5.41) is 4.28. The summed E-state index contributed by atoms with van der Waals surface area (Å²) in [5.41, 5.74) is -1.56. The molecule has 0 saturated carbocycles. The standard InChI is InChI=1S/C17H12F6N6S/c1-3-30-15-12(27-11-5-9(17(21,22)23)7-25-29(11)15)14-26-10-4-8(16(18,19)20)6-24-13(10)28(14)2/h4-7H,3H2,1-2H3. The molecule has 158 valence electrons. The van der Waals surface area contributed by atoms with Crippen LogP contribution in [-0.2, 0) is 19.4 Å². The summed E-state index contributed by atoms with van der Waals surface area (Å²) in [6, 6.07) is 1.73. The lowest BCUT2D eigenvalue weighted by Gasteiger charge is -2.06. The minimum Gasteiger partial charge on any atom is -0.310 e. The highest BCUT2D eigenvalue weighted by atomic mass is 32.2. The highest BCUT2D eigenvalue weighted by Gasteiger charge is 2.33. The first-order valence-electron chi connectivity index (χ1n) is 8.49. The fourth-order valence-corrected chi connectivity index (χ4v) is 3.74. The maximum absolute atomic E-state index is 13.0. The monoisotopic (exact) mass is 446 g/mol. The van der Waals surface area contributed by atoms with Gasteiger partial charge >= 0.3 is 12.4 Å². The average Bonchev–Trinajstić information content (AvgIpc) is 3.18. The van der Waals surface area contributed by atoms with Crippen LogP contribution in [0.25, 0.3) is 28.3 Å². The maximum Gasteiger partial charge on any atom is 0.418 e. The smallest absolute Gasteiger partial charge is 0.310 e. The van der Waals surface area contributed by atoms with Crippen molar-refractivity contribution in [2.75, 3.05) is 5.75 Å². The molecule has 0 aliphatic carbocycles. The molecule has 0 aromatic carbocycles. The zero-order valence-electron chi connectivity index (χ0n) is 15.4. The number of hydrogen-bond acceptors (Lipinski definition) is 5. The van der Waals surface area contributed by atoms with Crippen LogP contribution in [0.4, 0.5) is 26.3 Å². The summed E-state index contributed by atoms with van der Waals surface area (Å²) in [5.74, 6) is 0.732. The van der Waals surface area contributed by atoms with Crippen molar-refractivity contribution in [3.63, 3.8) is 0 Å². The van der Waals surface area contributed by atoms with Crippen molar-refractivity contribution in [2.45, 2.75) is 24.3 Å². The van der Waals surface area contributed by atoms with E-state index >= 15 is 0 Å². The van der Waals surface area contributed by atoms with Crippen LogP contribution in [0.5, 0.6) is 0 Å². The van der Waals surface area contributed by atoms with Gasteiger partial charge in [0.25, 0.3) is 0 Å². The maximum atomic E-state index is 13.0. The van der Waals surface area contributed by atoms with E-state index in [4.69, 9.17) is 0 Å². The number of thioether (sulfide) groups is 1. The van der Waals surface area contributed by atoms with E-state index in [2.05, 4.69) is 20.1 Å². The van der Waals surface area contributed by atoms with E-state index in [-0.39, 0.29) is 28.3 Å². The molecule has 13 heteroatoms. The van der Waals surface area contributed by atoms with Gasteiger partial charge in [-0.2, -0.15) is 31.4 Å². The van der Waals surface area contributed by atoms with Gasteiger partial charge < -0.3 is 4.57 Å². The van der Waals surface area contributed by atoms with E-state index in [0.29, 0.717) is 23.2 Å². The second kappa shape index (κ2) is 6.86. The predicted octanol–water partition coefficient (Wildman–Crippen LogP) is 4.83. The van der Waals surface area contributed by atoms with E-state index in [9.17, 15) is 26.3 Å². The summed E-state index contributed by atoms with van der Waals surface area (Å²) in [4.78, 5) is 12.3. The van der Waals surface area contributed by atoms with Crippen molar-refractivity contribution in [1.82, 2.24) is 29.1 Å². The van der Waals surface area contributed by atoms with Crippen molar-refractivity contribution in [3.8, 4) is 11.5 Å². The van der Waals surface area contributed by atoms with Gasteiger partial charge in [0.15, 0.2) is 17.1 Å². The Bertz CT molecular complexity index is 1260. The number of hydrogen-bond donors (Lipinski definition) is 0. The van der Waals surface area contributed by atoms with Gasteiger partial charge in [-0.05, 0) is 17.9 Å². The second-order valence-corrected chi connectivity index (χ2v) is 7.52. The molecular formula is C17H12F6N6S. The SMILES string of the molecule is CCSc1c(-c2nc3cc(C(F)(F)F)cnc3n2C)nc2cc(C(F)(F)F)cnn12. The molecule has 0 aliphatic rings. The molecule has 0 unspecified atom stereocenters. The molecule has 4 heterocycles. The van der Waals surface area contributed by atoms with Gasteiger partial charge in [-0.25, -0.2) is 19.5 Å². The Labute approximate surface area is 168 Å². The van der Waals surface area contributed by atoms with Crippen molar-refractivity contribution in [3.05, 3.63) is 35.7 Å². The third kappa shape index (κ3) is 3.36. The first kappa shape index (κ1) is 20.4. The van der Waals surface area contributed by atoms with Crippen LogP contribution in [0.3, 0.4) is 0 Å². The summed E-state index contributed by atoms with van der Waals surface area (Å²) >= 11 is 1.28. The summed E-state index contributed by atoms with van der Waals surface area (Å²) in [6.07, 6.45) is -7.77. The van der Waals surface area contributed by atoms with Crippen LogP contribution in [0.15, 0.2) is 29.6 Å². The number of imidazole rings is 2. The van der Waals surface area contributed by atoms with Crippen LogP contribution in [0, 0.1) is 0 Å². The molecule has 0 spiro atoms. The van der Waals surface area contributed by atoms with Gasteiger partial charge in [0.2, 0.25) is 0 Å². The van der Waals surface area contributed by atoms with Crippen molar-refractivity contribution < 1.29 is 26.3 Å². The van der Waals surface area contributed by atoms with Crippen LogP contribution < -0.4 is 0 Å². The third-order valence-corrected chi connectivity index (χ3v) is 5.22. The topological polar surface area (TPSA) is 60.9 Å². The second-order valence-electron chi connectivity index (χ2n) is 6.27. The van der Waals surface area contributed by atoms with Crippen molar-refractivity contribution in [1.29, 1.82) is 0 Å². The van der Waals surface area contributed by atoms with Gasteiger partial charge in [-0.15, -0.1) is 11.8 Å². The quantitative estimate of drug-likeness (QED) is 0.333. The van der Waals surface area contributed by atoms with E-state index in [0.717, 1.165) is 12.1 Å². The van der Waals surface area contributed by atoms with E-state index in [1.165, 1.54) is 20.8 Å². The number of fused-ring (bicyclic) bond motifs is 2. The Kier molecular flexibility index (Phi) is 4.67. The number of aryl methyl sites for hydroxylation is 1. The van der Waals surface area contributed by atoms with Gasteiger partial charge in [-0.3, -0.25) is 0 Å². The molecule has 4 aromatic rings. The number of pyridine rings is 1. The average molecular weight is 446 g/mol. The molecule has 0 radical (unpaired) electrons. The molecule has 0 N–H and O–H groups in total.